The van der Waals surface area contributed by atoms with E-state index in [1.165, 1.54) is 17.4 Å². The quantitative estimate of drug-likeness (QED) is 0.847. The highest BCUT2D eigenvalue weighted by atomic mass is 16.5. The van der Waals surface area contributed by atoms with Crippen molar-refractivity contribution in [3.05, 3.63) is 21.9 Å². The Morgan fingerprint density at radius 3 is 2.78 bits per heavy atom. The molecule has 124 valence electrons. The lowest BCUT2D eigenvalue weighted by molar-refractivity contribution is -0.121. The number of nitrogens with one attached hydrogen (secondary N) is 1. The Balaban J connectivity index is 1.67. The first-order chi connectivity index (χ1) is 11.1. The number of hydrogen-bond donors (Lipinski definition) is 1. The van der Waals surface area contributed by atoms with Crippen molar-refractivity contribution in [1.82, 2.24) is 24.9 Å². The van der Waals surface area contributed by atoms with Gasteiger partial charge in [-0.1, -0.05) is 5.16 Å². The summed E-state index contributed by atoms with van der Waals surface area (Å²) in [5.41, 5.74) is 0.414. The first-order valence-corrected chi connectivity index (χ1v) is 7.88. The lowest BCUT2D eigenvalue weighted by atomic mass is 10.3. The normalized spacial score (nSPS) is 15.4. The van der Waals surface area contributed by atoms with Crippen molar-refractivity contribution in [2.45, 2.75) is 33.2 Å². The van der Waals surface area contributed by atoms with E-state index in [9.17, 15) is 9.59 Å². The summed E-state index contributed by atoms with van der Waals surface area (Å²) in [6.07, 6.45) is 2.46. The van der Waals surface area contributed by atoms with Gasteiger partial charge in [0.25, 0.3) is 11.3 Å². The maximum Gasteiger partial charge on any atom is 0.267 e. The van der Waals surface area contributed by atoms with Gasteiger partial charge in [-0.05, 0) is 39.8 Å². The highest BCUT2D eigenvalue weighted by Gasteiger charge is 2.17. The van der Waals surface area contributed by atoms with E-state index in [1.54, 1.807) is 13.8 Å². The molecule has 1 N–H and O–H groups in total. The Kier molecular flexibility index (Phi) is 4.42. The van der Waals surface area contributed by atoms with E-state index >= 15 is 0 Å². The van der Waals surface area contributed by atoms with E-state index in [1.807, 2.05) is 0 Å². The summed E-state index contributed by atoms with van der Waals surface area (Å²) in [6, 6.07) is 0. The van der Waals surface area contributed by atoms with E-state index in [0.717, 1.165) is 19.6 Å². The number of aromatic nitrogens is 3. The van der Waals surface area contributed by atoms with Crippen LogP contribution < -0.4 is 10.9 Å². The van der Waals surface area contributed by atoms with Crippen LogP contribution in [0.5, 0.6) is 0 Å². The van der Waals surface area contributed by atoms with Crippen molar-refractivity contribution < 1.29 is 9.32 Å². The lowest BCUT2D eigenvalue weighted by Crippen LogP contribution is -2.37. The van der Waals surface area contributed by atoms with Gasteiger partial charge in [-0.15, -0.1) is 0 Å². The Morgan fingerprint density at radius 2 is 2.04 bits per heavy atom. The van der Waals surface area contributed by atoms with Crippen LogP contribution in [-0.4, -0.2) is 51.7 Å². The van der Waals surface area contributed by atoms with Gasteiger partial charge in [-0.2, -0.15) is 4.98 Å². The van der Waals surface area contributed by atoms with Crippen molar-refractivity contribution in [3.63, 3.8) is 0 Å². The first kappa shape index (κ1) is 15.7. The largest absolute Gasteiger partial charge is 0.353 e. The van der Waals surface area contributed by atoms with Crippen molar-refractivity contribution >= 4 is 17.0 Å². The second-order valence-corrected chi connectivity index (χ2v) is 5.90. The molecular weight excluding hydrogens is 298 g/mol. The van der Waals surface area contributed by atoms with Crippen molar-refractivity contribution in [2.75, 3.05) is 26.2 Å². The summed E-state index contributed by atoms with van der Waals surface area (Å²) in [4.78, 5) is 31.1. The summed E-state index contributed by atoms with van der Waals surface area (Å²) < 4.78 is 6.37. The summed E-state index contributed by atoms with van der Waals surface area (Å²) in [5.74, 6) is 0.248. The smallest absolute Gasteiger partial charge is 0.267 e. The summed E-state index contributed by atoms with van der Waals surface area (Å²) in [5, 5.41) is 6.95. The Morgan fingerprint density at radius 1 is 1.30 bits per heavy atom. The van der Waals surface area contributed by atoms with Gasteiger partial charge in [0.15, 0.2) is 0 Å². The zero-order chi connectivity index (χ0) is 16.4. The highest BCUT2D eigenvalue weighted by molar-refractivity contribution is 5.77. The zero-order valence-corrected chi connectivity index (χ0v) is 13.5. The second kappa shape index (κ2) is 6.49. The maximum absolute atomic E-state index is 12.5. The minimum absolute atomic E-state index is 0.0434. The fourth-order valence-electron chi connectivity index (χ4n) is 2.91. The predicted octanol–water partition coefficient (Wildman–Crippen LogP) is 0.213. The van der Waals surface area contributed by atoms with E-state index in [-0.39, 0.29) is 23.7 Å². The number of rotatable bonds is 5. The number of carbonyl (C=O) groups excluding carboxylic acids is 1. The zero-order valence-electron chi connectivity index (χ0n) is 13.5. The summed E-state index contributed by atoms with van der Waals surface area (Å²) in [6.45, 7) is 6.96. The molecule has 1 saturated heterocycles. The van der Waals surface area contributed by atoms with E-state index < -0.39 is 0 Å². The third-order valence-corrected chi connectivity index (χ3v) is 4.21. The fraction of sp³-hybridized carbons (Fsp3) is 0.600. The van der Waals surface area contributed by atoms with Gasteiger partial charge in [-0.25, -0.2) is 0 Å². The number of hydrogen-bond acceptors (Lipinski definition) is 6. The highest BCUT2D eigenvalue weighted by Crippen LogP contribution is 2.11. The van der Waals surface area contributed by atoms with Crippen LogP contribution in [0.3, 0.4) is 0 Å². The first-order valence-electron chi connectivity index (χ1n) is 7.88. The Hall–Kier alpha value is -2.22. The molecule has 0 spiro atoms. The molecule has 0 bridgehead atoms. The standard InChI is InChI=1S/C15H21N5O3/c1-10-13-14(23-18-10)17-11(2)20(15(13)22)9-12(21)16-5-8-19-6-3-4-7-19/h3-9H2,1-2H3,(H,16,21). The molecule has 1 aliphatic rings. The summed E-state index contributed by atoms with van der Waals surface area (Å²) in [7, 11) is 0. The second-order valence-electron chi connectivity index (χ2n) is 5.90. The van der Waals surface area contributed by atoms with Gasteiger partial charge in [0.05, 0.1) is 5.69 Å². The fourth-order valence-corrected chi connectivity index (χ4v) is 2.91. The van der Waals surface area contributed by atoms with Crippen LogP contribution in [0.25, 0.3) is 11.1 Å². The monoisotopic (exact) mass is 319 g/mol. The topological polar surface area (TPSA) is 93.3 Å². The molecule has 2 aromatic rings. The molecule has 0 aliphatic carbocycles. The van der Waals surface area contributed by atoms with Gasteiger partial charge >= 0.3 is 0 Å². The van der Waals surface area contributed by atoms with Gasteiger partial charge in [0, 0.05) is 13.1 Å². The average Bonchev–Trinajstić information content (AvgIpc) is 3.14. The van der Waals surface area contributed by atoms with Gasteiger partial charge in [0.1, 0.15) is 17.8 Å². The van der Waals surface area contributed by atoms with E-state index in [0.29, 0.717) is 23.4 Å². The minimum atomic E-state index is -0.291. The van der Waals surface area contributed by atoms with Crippen molar-refractivity contribution in [2.24, 2.45) is 0 Å². The Labute approximate surface area is 133 Å². The van der Waals surface area contributed by atoms with Crippen LogP contribution in [0, 0.1) is 13.8 Å². The molecule has 1 amide bonds. The molecule has 0 radical (unpaired) electrons. The maximum atomic E-state index is 12.5. The molecule has 23 heavy (non-hydrogen) atoms. The molecule has 8 heteroatoms. The van der Waals surface area contributed by atoms with Crippen LogP contribution in [0.2, 0.25) is 0 Å². The molecule has 1 aliphatic heterocycles. The molecule has 1 fully saturated rings. The molecule has 0 aromatic carbocycles. The predicted molar refractivity (Wildman–Crippen MR) is 84.2 cm³/mol. The number of carbonyl (C=O) groups is 1. The van der Waals surface area contributed by atoms with E-state index in [2.05, 4.69) is 20.4 Å². The SMILES string of the molecule is Cc1noc2nc(C)n(CC(=O)NCCN3CCCC3)c(=O)c12. The molecule has 0 saturated carbocycles. The molecular formula is C15H21N5O3. The third kappa shape index (κ3) is 3.26. The number of fused-ring (bicyclic) bond motifs is 1. The van der Waals surface area contributed by atoms with Crippen molar-refractivity contribution in [3.8, 4) is 0 Å². The van der Waals surface area contributed by atoms with Crippen LogP contribution in [0.4, 0.5) is 0 Å². The van der Waals surface area contributed by atoms with Crippen LogP contribution >= 0.6 is 0 Å². The van der Waals surface area contributed by atoms with Gasteiger partial charge < -0.3 is 14.7 Å². The lowest BCUT2D eigenvalue weighted by Gasteiger charge is -2.15. The number of amides is 1. The molecule has 0 atom stereocenters. The van der Waals surface area contributed by atoms with Crippen LogP contribution in [0.15, 0.2) is 9.32 Å². The van der Waals surface area contributed by atoms with Crippen LogP contribution in [0.1, 0.15) is 24.4 Å². The number of nitrogens with zero attached hydrogens (tertiary/aromatic N) is 4. The van der Waals surface area contributed by atoms with Gasteiger partial charge in [0.2, 0.25) is 5.91 Å². The molecule has 2 aromatic heterocycles. The number of aryl methyl sites for hydroxylation is 2. The third-order valence-electron chi connectivity index (χ3n) is 4.21. The molecule has 8 nitrogen and oxygen atoms in total. The molecule has 3 heterocycles. The Bertz CT molecular complexity index is 773. The summed E-state index contributed by atoms with van der Waals surface area (Å²) >= 11 is 0. The van der Waals surface area contributed by atoms with Crippen molar-refractivity contribution in [1.29, 1.82) is 0 Å². The van der Waals surface area contributed by atoms with Gasteiger partial charge in [-0.3, -0.25) is 14.2 Å². The van der Waals surface area contributed by atoms with Crippen LogP contribution in [-0.2, 0) is 11.3 Å². The minimum Gasteiger partial charge on any atom is -0.353 e. The average molecular weight is 319 g/mol. The molecule has 3 rings (SSSR count). The molecule has 0 unspecified atom stereocenters. The van der Waals surface area contributed by atoms with E-state index in [4.69, 9.17) is 4.52 Å². The number of likely N-dealkylation sites (tertiary alicyclic amines) is 1.